The van der Waals surface area contributed by atoms with Gasteiger partial charge >= 0.3 is 5.97 Å². The largest absolute Gasteiger partial charge is 0.480 e. The van der Waals surface area contributed by atoms with Crippen molar-refractivity contribution in [2.24, 2.45) is 16.5 Å². The van der Waals surface area contributed by atoms with Crippen molar-refractivity contribution in [2.75, 3.05) is 6.54 Å². The van der Waals surface area contributed by atoms with Gasteiger partial charge in [0.1, 0.15) is 6.04 Å². The first kappa shape index (κ1) is 21.0. The fraction of sp³-hybridized carbons (Fsp3) is 0.400. The lowest BCUT2D eigenvalue weighted by atomic mass is 10.1. The van der Waals surface area contributed by atoms with Crippen molar-refractivity contribution in [3.63, 3.8) is 0 Å². The molecule has 0 aliphatic rings. The van der Waals surface area contributed by atoms with Gasteiger partial charge in [-0.1, -0.05) is 23.2 Å². The molecule has 0 radical (unpaired) electrons. The monoisotopic (exact) mass is 389 g/mol. The van der Waals surface area contributed by atoms with E-state index in [0.29, 0.717) is 22.0 Å². The lowest BCUT2D eigenvalue weighted by Crippen LogP contribution is -2.51. The number of hydrazine groups is 1. The van der Waals surface area contributed by atoms with Gasteiger partial charge < -0.3 is 16.6 Å². The van der Waals surface area contributed by atoms with E-state index >= 15 is 0 Å². The van der Waals surface area contributed by atoms with Crippen molar-refractivity contribution in [3.8, 4) is 0 Å². The summed E-state index contributed by atoms with van der Waals surface area (Å²) in [5.74, 6) is -1.62. The van der Waals surface area contributed by atoms with Gasteiger partial charge in [-0.2, -0.15) is 0 Å². The number of nitrogens with one attached hydrogen (secondary N) is 1. The molecule has 8 nitrogen and oxygen atoms in total. The average molecular weight is 390 g/mol. The van der Waals surface area contributed by atoms with Crippen LogP contribution in [0.1, 0.15) is 25.3 Å². The predicted octanol–water partition coefficient (Wildman–Crippen LogP) is 1.35. The van der Waals surface area contributed by atoms with Crippen molar-refractivity contribution in [1.82, 2.24) is 10.4 Å². The zero-order chi connectivity index (χ0) is 19.0. The number of aliphatic imine (C=N–C) groups is 1. The number of rotatable bonds is 9. The molecule has 1 rings (SSSR count). The molecule has 0 spiro atoms. The van der Waals surface area contributed by atoms with Gasteiger partial charge in [-0.15, -0.1) is 0 Å². The van der Waals surface area contributed by atoms with E-state index in [-0.39, 0.29) is 25.5 Å². The molecule has 0 heterocycles. The van der Waals surface area contributed by atoms with Crippen LogP contribution in [0.5, 0.6) is 0 Å². The summed E-state index contributed by atoms with van der Waals surface area (Å²) in [7, 11) is 0. The molecule has 1 atom stereocenters. The van der Waals surface area contributed by atoms with Gasteiger partial charge in [0.25, 0.3) is 0 Å². The average Bonchev–Trinajstić information content (AvgIpc) is 2.47. The lowest BCUT2D eigenvalue weighted by Gasteiger charge is -2.28. The number of carboxylic acids is 1. The zero-order valence-electron chi connectivity index (χ0n) is 13.7. The molecule has 10 heteroatoms. The molecule has 138 valence electrons. The molecule has 0 aliphatic carbocycles. The van der Waals surface area contributed by atoms with E-state index in [4.69, 9.17) is 34.7 Å². The molecule has 25 heavy (non-hydrogen) atoms. The molecule has 0 saturated carbocycles. The van der Waals surface area contributed by atoms with Crippen LogP contribution in [-0.2, 0) is 16.1 Å². The van der Waals surface area contributed by atoms with E-state index in [1.165, 1.54) is 6.92 Å². The summed E-state index contributed by atoms with van der Waals surface area (Å²) >= 11 is 11.9. The summed E-state index contributed by atoms with van der Waals surface area (Å²) in [6.45, 7) is 1.75. The van der Waals surface area contributed by atoms with Crippen molar-refractivity contribution in [3.05, 3.63) is 33.8 Å². The van der Waals surface area contributed by atoms with Gasteiger partial charge in [0, 0.05) is 30.1 Å². The summed E-state index contributed by atoms with van der Waals surface area (Å²) in [6, 6.07) is 3.88. The van der Waals surface area contributed by atoms with Crippen LogP contribution in [0, 0.1) is 0 Å². The van der Waals surface area contributed by atoms with E-state index in [1.807, 2.05) is 0 Å². The third-order valence-corrected chi connectivity index (χ3v) is 3.68. The standard InChI is InChI=1S/C15H21Cl2N5O3/c1-9(23)22(13(14(24)25)3-2-4-20-15(18)19)21-8-10-5-11(16)7-12(17)6-10/h5-7,13,21H,2-4,8H2,1H3,(H,24,25)(H4,18,19,20)/t13-/m0/s1. The molecule has 0 saturated heterocycles. The minimum atomic E-state index is -1.13. The summed E-state index contributed by atoms with van der Waals surface area (Å²) in [4.78, 5) is 27.2. The van der Waals surface area contributed by atoms with Gasteiger partial charge in [0.2, 0.25) is 5.91 Å². The topological polar surface area (TPSA) is 134 Å². The summed E-state index contributed by atoms with van der Waals surface area (Å²) in [6.07, 6.45) is 0.596. The van der Waals surface area contributed by atoms with Crippen molar-refractivity contribution < 1.29 is 14.7 Å². The molecule has 1 amide bonds. The van der Waals surface area contributed by atoms with E-state index in [1.54, 1.807) is 18.2 Å². The van der Waals surface area contributed by atoms with Crippen LogP contribution in [-0.4, -0.2) is 40.5 Å². The number of benzene rings is 1. The minimum Gasteiger partial charge on any atom is -0.480 e. The second-order valence-corrected chi connectivity index (χ2v) is 6.18. The maximum Gasteiger partial charge on any atom is 0.328 e. The molecule has 0 unspecified atom stereocenters. The Kier molecular flexibility index (Phi) is 8.47. The van der Waals surface area contributed by atoms with E-state index in [9.17, 15) is 14.7 Å². The van der Waals surface area contributed by atoms with Crippen molar-refractivity contribution in [2.45, 2.75) is 32.4 Å². The minimum absolute atomic E-state index is 0.0636. The smallest absolute Gasteiger partial charge is 0.328 e. The maximum absolute atomic E-state index is 11.9. The molecule has 1 aromatic carbocycles. The first-order valence-electron chi connectivity index (χ1n) is 7.47. The maximum atomic E-state index is 11.9. The van der Waals surface area contributed by atoms with Gasteiger partial charge in [-0.3, -0.25) is 14.8 Å². The lowest BCUT2D eigenvalue weighted by molar-refractivity contribution is -0.153. The Labute approximate surface area is 155 Å². The molecule has 0 bridgehead atoms. The summed E-state index contributed by atoms with van der Waals surface area (Å²) in [5.41, 5.74) is 14.0. The Morgan fingerprint density at radius 1 is 1.28 bits per heavy atom. The van der Waals surface area contributed by atoms with Crippen LogP contribution in [0.25, 0.3) is 0 Å². The van der Waals surface area contributed by atoms with Gasteiger partial charge in [-0.25, -0.2) is 10.2 Å². The Hall–Kier alpha value is -2.03. The Bertz CT molecular complexity index is 630. The first-order valence-corrected chi connectivity index (χ1v) is 8.22. The van der Waals surface area contributed by atoms with Gasteiger partial charge in [-0.05, 0) is 36.6 Å². The van der Waals surface area contributed by atoms with E-state index in [0.717, 1.165) is 5.01 Å². The number of carbonyl (C=O) groups is 2. The van der Waals surface area contributed by atoms with Crippen molar-refractivity contribution in [1.29, 1.82) is 0 Å². The summed E-state index contributed by atoms with van der Waals surface area (Å²) in [5, 5.41) is 11.4. The highest BCUT2D eigenvalue weighted by atomic mass is 35.5. The fourth-order valence-corrected chi connectivity index (χ4v) is 2.76. The third kappa shape index (κ3) is 7.59. The Balaban J connectivity index is 2.78. The first-order chi connectivity index (χ1) is 11.7. The number of aliphatic carboxylic acids is 1. The SMILES string of the molecule is CC(=O)N(NCc1cc(Cl)cc(Cl)c1)[C@@H](CCCN=C(N)N)C(=O)O. The highest BCUT2D eigenvalue weighted by Crippen LogP contribution is 2.19. The molecule has 6 N–H and O–H groups in total. The van der Waals surface area contributed by atoms with E-state index in [2.05, 4.69) is 10.4 Å². The van der Waals surface area contributed by atoms with Crippen LogP contribution in [0.3, 0.4) is 0 Å². The number of guanidine groups is 1. The number of hydrogen-bond donors (Lipinski definition) is 4. The van der Waals surface area contributed by atoms with E-state index < -0.39 is 17.9 Å². The molecule has 0 aliphatic heterocycles. The quantitative estimate of drug-likeness (QED) is 0.218. The molecular formula is C15H21Cl2N5O3. The predicted molar refractivity (Wildman–Crippen MR) is 97.2 cm³/mol. The molecule has 0 fully saturated rings. The highest BCUT2D eigenvalue weighted by molar-refractivity contribution is 6.34. The number of nitrogens with zero attached hydrogens (tertiary/aromatic N) is 2. The number of halogens is 2. The zero-order valence-corrected chi connectivity index (χ0v) is 15.2. The summed E-state index contributed by atoms with van der Waals surface area (Å²) < 4.78 is 0. The number of hydrogen-bond acceptors (Lipinski definition) is 4. The van der Waals surface area contributed by atoms with Crippen LogP contribution >= 0.6 is 23.2 Å². The van der Waals surface area contributed by atoms with Crippen molar-refractivity contribution >= 4 is 41.0 Å². The van der Waals surface area contributed by atoms with Crippen LogP contribution in [0.4, 0.5) is 0 Å². The molecule has 0 aromatic heterocycles. The Morgan fingerprint density at radius 3 is 2.36 bits per heavy atom. The number of amides is 1. The van der Waals surface area contributed by atoms with Crippen LogP contribution in [0.2, 0.25) is 10.0 Å². The van der Waals surface area contributed by atoms with Crippen LogP contribution < -0.4 is 16.9 Å². The second-order valence-electron chi connectivity index (χ2n) is 5.30. The normalized spacial score (nSPS) is 11.6. The number of carboxylic acid groups (broad SMARTS) is 1. The fourth-order valence-electron chi connectivity index (χ4n) is 2.19. The van der Waals surface area contributed by atoms with Gasteiger partial charge in [0.05, 0.1) is 0 Å². The Morgan fingerprint density at radius 2 is 1.88 bits per heavy atom. The number of carbonyl (C=O) groups excluding carboxylic acids is 1. The third-order valence-electron chi connectivity index (χ3n) is 3.24. The second kappa shape index (κ2) is 10.1. The van der Waals surface area contributed by atoms with Gasteiger partial charge in [0.15, 0.2) is 5.96 Å². The number of nitrogens with two attached hydrogens (primary N) is 2. The molecular weight excluding hydrogens is 369 g/mol. The highest BCUT2D eigenvalue weighted by Gasteiger charge is 2.27. The molecule has 1 aromatic rings. The van der Waals surface area contributed by atoms with Crippen LogP contribution in [0.15, 0.2) is 23.2 Å².